The van der Waals surface area contributed by atoms with E-state index >= 15 is 0 Å². The summed E-state index contributed by atoms with van der Waals surface area (Å²) in [7, 11) is 0. The molecule has 0 saturated carbocycles. The molecule has 0 aliphatic rings. The van der Waals surface area contributed by atoms with Crippen molar-refractivity contribution < 1.29 is 15.0 Å². The van der Waals surface area contributed by atoms with Crippen molar-refractivity contribution in [3.05, 3.63) is 53.1 Å². The molecule has 0 aliphatic heterocycles. The Morgan fingerprint density at radius 2 is 1.84 bits per heavy atom. The molecule has 0 saturated heterocycles. The number of aromatic hydroxyl groups is 2. The second-order valence-corrected chi connectivity index (χ2v) is 5.27. The van der Waals surface area contributed by atoms with Gasteiger partial charge >= 0.3 is 0 Å². The molecule has 0 aliphatic carbocycles. The summed E-state index contributed by atoms with van der Waals surface area (Å²) in [6.07, 6.45) is 0. The van der Waals surface area contributed by atoms with Crippen molar-refractivity contribution in [3.8, 4) is 11.5 Å². The average molecular weight is 295 g/mol. The molecule has 0 aromatic heterocycles. The van der Waals surface area contributed by atoms with Crippen LogP contribution in [-0.4, -0.2) is 21.7 Å². The Morgan fingerprint density at radius 1 is 1.11 bits per heavy atom. The van der Waals surface area contributed by atoms with Gasteiger partial charge in [0.25, 0.3) is 0 Å². The van der Waals surface area contributed by atoms with Crippen LogP contribution in [0, 0.1) is 0 Å². The number of Topliss-reactive ketones (excluding diaryl/α,β-unsaturated/α-hetero) is 1. The van der Waals surface area contributed by atoms with Gasteiger partial charge in [-0.2, -0.15) is 0 Å². The summed E-state index contributed by atoms with van der Waals surface area (Å²) >= 11 is 7.33. The average Bonchev–Trinajstić information content (AvgIpc) is 2.40. The van der Waals surface area contributed by atoms with Crippen LogP contribution in [0.2, 0.25) is 5.02 Å². The number of thioether (sulfide) groups is 1. The number of halogens is 1. The van der Waals surface area contributed by atoms with Gasteiger partial charge in [0.2, 0.25) is 0 Å². The topological polar surface area (TPSA) is 57.5 Å². The van der Waals surface area contributed by atoms with Gasteiger partial charge in [0.1, 0.15) is 0 Å². The third-order valence-corrected chi connectivity index (χ3v) is 4.01. The molecule has 0 unspecified atom stereocenters. The molecule has 0 radical (unpaired) electrons. The van der Waals surface area contributed by atoms with Crippen molar-refractivity contribution in [1.82, 2.24) is 0 Å². The number of phenolic OH excluding ortho intramolecular Hbond substituents is 2. The zero-order valence-electron chi connectivity index (χ0n) is 9.84. The van der Waals surface area contributed by atoms with E-state index in [-0.39, 0.29) is 23.0 Å². The predicted molar refractivity (Wildman–Crippen MR) is 76.3 cm³/mol. The summed E-state index contributed by atoms with van der Waals surface area (Å²) in [5.41, 5.74) is 0.356. The minimum Gasteiger partial charge on any atom is -0.504 e. The Morgan fingerprint density at radius 3 is 2.53 bits per heavy atom. The molecule has 2 aromatic carbocycles. The number of carbonyl (C=O) groups is 1. The van der Waals surface area contributed by atoms with Crippen LogP contribution in [0.4, 0.5) is 0 Å². The van der Waals surface area contributed by atoms with Gasteiger partial charge < -0.3 is 10.2 Å². The lowest BCUT2D eigenvalue weighted by atomic mass is 10.1. The Bertz CT molecular complexity index is 613. The molecule has 3 nitrogen and oxygen atoms in total. The molecule has 0 fully saturated rings. The molecule has 98 valence electrons. The van der Waals surface area contributed by atoms with Gasteiger partial charge in [-0.15, -0.1) is 11.8 Å². The summed E-state index contributed by atoms with van der Waals surface area (Å²) in [6.45, 7) is 0. The first-order chi connectivity index (χ1) is 9.08. The zero-order valence-corrected chi connectivity index (χ0v) is 11.4. The van der Waals surface area contributed by atoms with Crippen molar-refractivity contribution in [2.75, 3.05) is 5.75 Å². The van der Waals surface area contributed by atoms with Gasteiger partial charge in [0, 0.05) is 10.5 Å². The quantitative estimate of drug-likeness (QED) is 0.512. The van der Waals surface area contributed by atoms with Gasteiger partial charge in [0.05, 0.1) is 10.8 Å². The summed E-state index contributed by atoms with van der Waals surface area (Å²) in [6, 6.07) is 11.3. The highest BCUT2D eigenvalue weighted by Gasteiger charge is 2.10. The lowest BCUT2D eigenvalue weighted by molar-refractivity contribution is 0.102. The van der Waals surface area contributed by atoms with Crippen LogP contribution in [0.5, 0.6) is 11.5 Å². The second-order valence-electron chi connectivity index (χ2n) is 3.85. The maximum absolute atomic E-state index is 11.9. The monoisotopic (exact) mass is 294 g/mol. The summed E-state index contributed by atoms with van der Waals surface area (Å²) in [4.78, 5) is 12.8. The molecule has 2 N–H and O–H groups in total. The molecule has 0 bridgehead atoms. The summed E-state index contributed by atoms with van der Waals surface area (Å²) in [5, 5.41) is 19.1. The molecular formula is C14H11ClO3S. The summed E-state index contributed by atoms with van der Waals surface area (Å²) < 4.78 is 0. The van der Waals surface area contributed by atoms with Gasteiger partial charge in [-0.25, -0.2) is 0 Å². The second kappa shape index (κ2) is 5.99. The van der Waals surface area contributed by atoms with E-state index in [0.717, 1.165) is 4.90 Å². The molecule has 19 heavy (non-hydrogen) atoms. The largest absolute Gasteiger partial charge is 0.504 e. The Kier molecular flexibility index (Phi) is 4.35. The zero-order chi connectivity index (χ0) is 13.8. The fourth-order valence-corrected chi connectivity index (χ4v) is 2.62. The number of rotatable bonds is 4. The minimum absolute atomic E-state index is 0.139. The maximum atomic E-state index is 11.9. The van der Waals surface area contributed by atoms with Crippen LogP contribution in [-0.2, 0) is 0 Å². The lowest BCUT2D eigenvalue weighted by Gasteiger charge is -2.04. The SMILES string of the molecule is O=C(CSc1ccccc1Cl)c1ccc(O)c(O)c1. The molecule has 2 aromatic rings. The summed E-state index contributed by atoms with van der Waals surface area (Å²) in [5.74, 6) is -0.461. The highest BCUT2D eigenvalue weighted by atomic mass is 35.5. The third-order valence-electron chi connectivity index (χ3n) is 2.49. The van der Waals surface area contributed by atoms with Gasteiger partial charge in [-0.3, -0.25) is 4.79 Å². The van der Waals surface area contributed by atoms with Crippen molar-refractivity contribution in [2.45, 2.75) is 4.90 Å². The first-order valence-corrected chi connectivity index (χ1v) is 6.87. The molecule has 2 rings (SSSR count). The van der Waals surface area contributed by atoms with Crippen molar-refractivity contribution in [3.63, 3.8) is 0 Å². The van der Waals surface area contributed by atoms with E-state index in [1.54, 1.807) is 6.07 Å². The van der Waals surface area contributed by atoms with Crippen LogP contribution in [0.1, 0.15) is 10.4 Å². The Balaban J connectivity index is 2.05. The van der Waals surface area contributed by atoms with Crippen LogP contribution in [0.25, 0.3) is 0 Å². The number of ketones is 1. The van der Waals surface area contributed by atoms with E-state index in [1.807, 2.05) is 18.2 Å². The van der Waals surface area contributed by atoms with E-state index in [1.165, 1.54) is 30.0 Å². The minimum atomic E-state index is -0.298. The van der Waals surface area contributed by atoms with E-state index < -0.39 is 0 Å². The number of phenols is 2. The molecule has 0 spiro atoms. The Labute approximate surface area is 119 Å². The van der Waals surface area contributed by atoms with E-state index in [4.69, 9.17) is 11.6 Å². The maximum Gasteiger partial charge on any atom is 0.173 e. The van der Waals surface area contributed by atoms with Crippen LogP contribution in [0.3, 0.4) is 0 Å². The fraction of sp³-hybridized carbons (Fsp3) is 0.0714. The molecular weight excluding hydrogens is 284 g/mol. The predicted octanol–water partition coefficient (Wildman–Crippen LogP) is 3.73. The number of hydrogen-bond donors (Lipinski definition) is 2. The molecule has 0 heterocycles. The van der Waals surface area contributed by atoms with Crippen molar-refractivity contribution >= 4 is 29.1 Å². The standard InChI is InChI=1S/C14H11ClO3S/c15-10-3-1-2-4-14(10)19-8-13(18)9-5-6-11(16)12(17)7-9/h1-7,16-17H,8H2. The highest BCUT2D eigenvalue weighted by Crippen LogP contribution is 2.29. The van der Waals surface area contributed by atoms with E-state index in [9.17, 15) is 15.0 Å². The smallest absolute Gasteiger partial charge is 0.173 e. The van der Waals surface area contributed by atoms with Gasteiger partial charge in [0.15, 0.2) is 17.3 Å². The van der Waals surface area contributed by atoms with Crippen LogP contribution >= 0.6 is 23.4 Å². The number of carbonyl (C=O) groups excluding carboxylic acids is 1. The lowest BCUT2D eigenvalue weighted by Crippen LogP contribution is -2.02. The molecule has 5 heteroatoms. The van der Waals surface area contributed by atoms with E-state index in [2.05, 4.69) is 0 Å². The Hall–Kier alpha value is -1.65. The number of hydrogen-bond acceptors (Lipinski definition) is 4. The van der Waals surface area contributed by atoms with Crippen molar-refractivity contribution in [1.29, 1.82) is 0 Å². The highest BCUT2D eigenvalue weighted by molar-refractivity contribution is 8.00. The van der Waals surface area contributed by atoms with Crippen LogP contribution in [0.15, 0.2) is 47.4 Å². The molecule has 0 amide bonds. The van der Waals surface area contributed by atoms with E-state index in [0.29, 0.717) is 10.6 Å². The fourth-order valence-electron chi connectivity index (χ4n) is 1.49. The van der Waals surface area contributed by atoms with Gasteiger partial charge in [-0.1, -0.05) is 23.7 Å². The normalized spacial score (nSPS) is 10.4. The number of benzene rings is 2. The van der Waals surface area contributed by atoms with Crippen molar-refractivity contribution in [2.24, 2.45) is 0 Å². The molecule has 0 atom stereocenters. The van der Waals surface area contributed by atoms with Gasteiger partial charge in [-0.05, 0) is 30.3 Å². The van der Waals surface area contributed by atoms with Crippen LogP contribution < -0.4 is 0 Å². The third kappa shape index (κ3) is 3.43. The first-order valence-electron chi connectivity index (χ1n) is 5.50. The first kappa shape index (κ1) is 13.8.